The highest BCUT2D eigenvalue weighted by Gasteiger charge is 2.33. The van der Waals surface area contributed by atoms with Crippen molar-refractivity contribution in [2.75, 3.05) is 11.4 Å². The van der Waals surface area contributed by atoms with E-state index in [1.807, 2.05) is 17.2 Å². The highest BCUT2D eigenvalue weighted by molar-refractivity contribution is 7.13. The third kappa shape index (κ3) is 1.96. The maximum atomic E-state index is 12.1. The number of amides is 1. The Balaban J connectivity index is 1.73. The van der Waals surface area contributed by atoms with Crippen LogP contribution in [-0.4, -0.2) is 17.4 Å². The van der Waals surface area contributed by atoms with E-state index in [1.165, 1.54) is 17.7 Å². The second-order valence-electron chi connectivity index (χ2n) is 5.29. The summed E-state index contributed by atoms with van der Waals surface area (Å²) in [4.78, 5) is 19.7. The summed E-state index contributed by atoms with van der Waals surface area (Å²) in [7, 11) is 0. The van der Waals surface area contributed by atoms with Crippen molar-refractivity contribution in [2.45, 2.75) is 19.3 Å². The van der Waals surface area contributed by atoms with Crippen LogP contribution in [-0.2, 0) is 11.2 Å². The van der Waals surface area contributed by atoms with Crippen LogP contribution in [0.4, 0.5) is 5.69 Å². The monoisotopic (exact) mass is 270 g/mol. The molecule has 1 aliphatic carbocycles. The molecule has 0 radical (unpaired) electrons. The van der Waals surface area contributed by atoms with Gasteiger partial charge in [-0.2, -0.15) is 0 Å². The summed E-state index contributed by atoms with van der Waals surface area (Å²) < 4.78 is 0. The van der Waals surface area contributed by atoms with Crippen molar-refractivity contribution in [3.8, 4) is 10.4 Å². The van der Waals surface area contributed by atoms with E-state index in [1.54, 1.807) is 11.3 Å². The fourth-order valence-corrected chi connectivity index (χ4v) is 3.27. The van der Waals surface area contributed by atoms with E-state index < -0.39 is 0 Å². The Kier molecular flexibility index (Phi) is 2.45. The molecule has 0 bridgehead atoms. The number of pyridine rings is 1. The van der Waals surface area contributed by atoms with Gasteiger partial charge in [-0.3, -0.25) is 9.78 Å². The Hall–Kier alpha value is -1.68. The lowest BCUT2D eigenvalue weighted by Gasteiger charge is -2.17. The molecule has 2 aromatic rings. The highest BCUT2D eigenvalue weighted by Crippen LogP contribution is 2.37. The molecule has 0 aromatic carbocycles. The number of rotatable bonds is 3. The van der Waals surface area contributed by atoms with Gasteiger partial charge >= 0.3 is 0 Å². The van der Waals surface area contributed by atoms with Crippen molar-refractivity contribution in [3.05, 3.63) is 35.5 Å². The minimum atomic E-state index is 0.206. The lowest BCUT2D eigenvalue weighted by Crippen LogP contribution is -2.28. The van der Waals surface area contributed by atoms with E-state index >= 15 is 0 Å². The van der Waals surface area contributed by atoms with Crippen LogP contribution in [0, 0.1) is 5.92 Å². The van der Waals surface area contributed by atoms with Gasteiger partial charge in [0.1, 0.15) is 0 Å². The summed E-state index contributed by atoms with van der Waals surface area (Å²) in [5.74, 6) is 0.915. The van der Waals surface area contributed by atoms with E-state index in [9.17, 15) is 4.79 Å². The molecule has 1 amide bonds. The van der Waals surface area contributed by atoms with Gasteiger partial charge in [0.05, 0.1) is 17.8 Å². The van der Waals surface area contributed by atoms with Gasteiger partial charge in [-0.25, -0.2) is 0 Å². The molecular weight excluding hydrogens is 256 g/mol. The molecule has 4 rings (SSSR count). The summed E-state index contributed by atoms with van der Waals surface area (Å²) in [6.07, 6.45) is 4.87. The molecule has 0 saturated heterocycles. The summed E-state index contributed by atoms with van der Waals surface area (Å²) in [5.41, 5.74) is 3.08. The van der Waals surface area contributed by atoms with Crippen LogP contribution in [0.5, 0.6) is 0 Å². The highest BCUT2D eigenvalue weighted by atomic mass is 32.1. The van der Waals surface area contributed by atoms with Crippen molar-refractivity contribution < 1.29 is 4.79 Å². The molecule has 0 unspecified atom stereocenters. The zero-order chi connectivity index (χ0) is 12.8. The Bertz CT molecular complexity index is 632. The number of aromatic nitrogens is 1. The molecule has 3 nitrogen and oxygen atoms in total. The molecule has 0 spiro atoms. The van der Waals surface area contributed by atoms with Gasteiger partial charge in [-0.1, -0.05) is 6.07 Å². The normalized spacial score (nSPS) is 17.9. The lowest BCUT2D eigenvalue weighted by atomic mass is 10.2. The third-order valence-electron chi connectivity index (χ3n) is 3.80. The minimum Gasteiger partial charge on any atom is -0.310 e. The second kappa shape index (κ2) is 4.17. The smallest absolute Gasteiger partial charge is 0.233 e. The van der Waals surface area contributed by atoms with Crippen LogP contribution in [0.1, 0.15) is 18.5 Å². The Labute approximate surface area is 115 Å². The number of hydrogen-bond acceptors (Lipinski definition) is 3. The van der Waals surface area contributed by atoms with E-state index in [0.29, 0.717) is 12.3 Å². The molecule has 4 heteroatoms. The number of nitrogens with zero attached hydrogens (tertiary/aromatic N) is 2. The topological polar surface area (TPSA) is 33.2 Å². The van der Waals surface area contributed by atoms with Gasteiger partial charge < -0.3 is 4.90 Å². The van der Waals surface area contributed by atoms with E-state index in [0.717, 1.165) is 23.5 Å². The molecule has 96 valence electrons. The Morgan fingerprint density at radius 3 is 3.05 bits per heavy atom. The van der Waals surface area contributed by atoms with Gasteiger partial charge in [-0.15, -0.1) is 11.3 Å². The van der Waals surface area contributed by atoms with Gasteiger partial charge in [-0.05, 0) is 36.3 Å². The molecule has 0 atom stereocenters. The minimum absolute atomic E-state index is 0.206. The number of fused-ring (bicyclic) bond motifs is 1. The zero-order valence-corrected chi connectivity index (χ0v) is 11.3. The summed E-state index contributed by atoms with van der Waals surface area (Å²) in [6.45, 7) is 0.876. The van der Waals surface area contributed by atoms with Crippen molar-refractivity contribution in [1.29, 1.82) is 0 Å². The maximum absolute atomic E-state index is 12.1. The second-order valence-corrected chi connectivity index (χ2v) is 6.24. The SMILES string of the molecule is O=C1Cc2ncc(-c3cccs3)cc2N1CC1CC1. The van der Waals surface area contributed by atoms with Crippen molar-refractivity contribution in [3.63, 3.8) is 0 Å². The molecule has 1 saturated carbocycles. The van der Waals surface area contributed by atoms with Crippen LogP contribution < -0.4 is 4.90 Å². The predicted octanol–water partition coefficient (Wildman–Crippen LogP) is 3.11. The molecule has 3 heterocycles. The average Bonchev–Trinajstić information content (AvgIpc) is 2.96. The third-order valence-corrected chi connectivity index (χ3v) is 4.72. The molecule has 2 aromatic heterocycles. The van der Waals surface area contributed by atoms with Crippen LogP contribution in [0.2, 0.25) is 0 Å². The van der Waals surface area contributed by atoms with Gasteiger partial charge in [0.25, 0.3) is 0 Å². The van der Waals surface area contributed by atoms with Gasteiger partial charge in [0.2, 0.25) is 5.91 Å². The van der Waals surface area contributed by atoms with Crippen LogP contribution in [0.25, 0.3) is 10.4 Å². The Morgan fingerprint density at radius 1 is 1.42 bits per heavy atom. The molecule has 1 aliphatic heterocycles. The number of carbonyl (C=O) groups excluding carboxylic acids is 1. The first kappa shape index (κ1) is 11.2. The summed E-state index contributed by atoms with van der Waals surface area (Å²) in [6, 6.07) is 6.26. The fraction of sp³-hybridized carbons (Fsp3) is 0.333. The number of thiophene rings is 1. The van der Waals surface area contributed by atoms with Crippen molar-refractivity contribution in [2.24, 2.45) is 5.92 Å². The molecule has 2 aliphatic rings. The largest absolute Gasteiger partial charge is 0.310 e. The lowest BCUT2D eigenvalue weighted by molar-refractivity contribution is -0.117. The van der Waals surface area contributed by atoms with Crippen molar-refractivity contribution >= 4 is 22.9 Å². The number of anilines is 1. The van der Waals surface area contributed by atoms with E-state index in [2.05, 4.69) is 22.5 Å². The predicted molar refractivity (Wildman–Crippen MR) is 76.3 cm³/mol. The van der Waals surface area contributed by atoms with Crippen LogP contribution in [0.15, 0.2) is 29.8 Å². The quantitative estimate of drug-likeness (QED) is 0.858. The number of hydrogen-bond donors (Lipinski definition) is 0. The standard InChI is InChI=1S/C15H14N2OS/c18-15-7-12-13(17(15)9-10-3-4-10)6-11(8-16-12)14-2-1-5-19-14/h1-2,5-6,8,10H,3-4,7,9H2. The first-order valence-corrected chi connectivity index (χ1v) is 7.52. The molecular formula is C15H14N2OS. The van der Waals surface area contributed by atoms with Gasteiger partial charge in [0.15, 0.2) is 0 Å². The summed E-state index contributed by atoms with van der Waals surface area (Å²) >= 11 is 1.71. The molecule has 19 heavy (non-hydrogen) atoms. The van der Waals surface area contributed by atoms with Crippen LogP contribution in [0.3, 0.4) is 0 Å². The van der Waals surface area contributed by atoms with E-state index in [4.69, 9.17) is 0 Å². The summed E-state index contributed by atoms with van der Waals surface area (Å²) in [5, 5.41) is 2.07. The van der Waals surface area contributed by atoms with Gasteiger partial charge in [0, 0.05) is 23.2 Å². The molecule has 1 fully saturated rings. The van der Waals surface area contributed by atoms with E-state index in [-0.39, 0.29) is 5.91 Å². The first-order valence-electron chi connectivity index (χ1n) is 6.64. The molecule has 0 N–H and O–H groups in total. The first-order chi connectivity index (χ1) is 9.31. The zero-order valence-electron chi connectivity index (χ0n) is 10.5. The maximum Gasteiger partial charge on any atom is 0.233 e. The average molecular weight is 270 g/mol. The fourth-order valence-electron chi connectivity index (χ4n) is 2.56. The van der Waals surface area contributed by atoms with Crippen molar-refractivity contribution in [1.82, 2.24) is 4.98 Å². The Morgan fingerprint density at radius 2 is 2.32 bits per heavy atom. The van der Waals surface area contributed by atoms with Crippen LogP contribution >= 0.6 is 11.3 Å². The number of carbonyl (C=O) groups is 1.